The molecule has 4 rings (SSSR count). The third-order valence-electron chi connectivity index (χ3n) is 4.80. The third-order valence-corrected chi connectivity index (χ3v) is 5.02. The van der Waals surface area contributed by atoms with Gasteiger partial charge in [0.25, 0.3) is 0 Å². The highest BCUT2D eigenvalue weighted by molar-refractivity contribution is 6.30. The molecule has 0 atom stereocenters. The zero-order valence-electron chi connectivity index (χ0n) is 16.2. The van der Waals surface area contributed by atoms with Gasteiger partial charge in [-0.3, -0.25) is 0 Å². The number of anilines is 1. The lowest BCUT2D eigenvalue weighted by molar-refractivity contribution is 0.281. The van der Waals surface area contributed by atoms with Crippen LogP contribution in [0.4, 0.5) is 5.69 Å². The quantitative estimate of drug-likeness (QED) is 0.372. The topological polar surface area (TPSA) is 30.5 Å². The van der Waals surface area contributed by atoms with Crippen LogP contribution in [0.1, 0.15) is 11.1 Å². The van der Waals surface area contributed by atoms with E-state index in [1.165, 1.54) is 10.8 Å². The number of methoxy groups -OCH3 is 1. The third kappa shape index (κ3) is 4.47. The van der Waals surface area contributed by atoms with E-state index in [0.717, 1.165) is 16.8 Å². The smallest absolute Gasteiger partial charge is 0.166 e. The van der Waals surface area contributed by atoms with Crippen molar-refractivity contribution in [3.8, 4) is 11.5 Å². The molecule has 0 aromatic heterocycles. The zero-order valence-corrected chi connectivity index (χ0v) is 16.9. The molecule has 0 fully saturated rings. The van der Waals surface area contributed by atoms with Crippen molar-refractivity contribution >= 4 is 28.1 Å². The number of hydrogen-bond donors (Lipinski definition) is 1. The summed E-state index contributed by atoms with van der Waals surface area (Å²) in [4.78, 5) is 0. The highest BCUT2D eigenvalue weighted by Gasteiger charge is 2.14. The Morgan fingerprint density at radius 1 is 0.862 bits per heavy atom. The van der Waals surface area contributed by atoms with E-state index in [4.69, 9.17) is 21.1 Å². The molecule has 4 aromatic carbocycles. The number of benzene rings is 4. The molecule has 0 aliphatic carbocycles. The summed E-state index contributed by atoms with van der Waals surface area (Å²) in [6.07, 6.45) is 0. The number of rotatable bonds is 7. The fourth-order valence-corrected chi connectivity index (χ4v) is 3.60. The molecule has 0 saturated heterocycles. The van der Waals surface area contributed by atoms with Crippen LogP contribution in [0.3, 0.4) is 0 Å². The Labute approximate surface area is 175 Å². The van der Waals surface area contributed by atoms with Crippen molar-refractivity contribution in [2.45, 2.75) is 13.2 Å². The first-order valence-electron chi connectivity index (χ1n) is 9.49. The van der Waals surface area contributed by atoms with Crippen LogP contribution in [0, 0.1) is 0 Å². The molecule has 1 N–H and O–H groups in total. The van der Waals surface area contributed by atoms with Crippen LogP contribution < -0.4 is 14.8 Å². The Balaban J connectivity index is 1.61. The summed E-state index contributed by atoms with van der Waals surface area (Å²) < 4.78 is 11.7. The second kappa shape index (κ2) is 8.89. The van der Waals surface area contributed by atoms with Crippen LogP contribution in [0.25, 0.3) is 10.8 Å². The average Bonchev–Trinajstić information content (AvgIpc) is 2.77. The molecule has 3 nitrogen and oxygen atoms in total. The summed E-state index contributed by atoms with van der Waals surface area (Å²) in [6, 6.07) is 28.3. The highest BCUT2D eigenvalue weighted by atomic mass is 35.5. The molecule has 0 bridgehead atoms. The first kappa shape index (κ1) is 19.2. The van der Waals surface area contributed by atoms with Gasteiger partial charge in [-0.2, -0.15) is 0 Å². The monoisotopic (exact) mass is 403 g/mol. The van der Waals surface area contributed by atoms with Crippen molar-refractivity contribution < 1.29 is 9.47 Å². The van der Waals surface area contributed by atoms with Crippen LogP contribution >= 0.6 is 11.6 Å². The van der Waals surface area contributed by atoms with Crippen LogP contribution in [-0.4, -0.2) is 7.11 Å². The molecule has 0 radical (unpaired) electrons. The molecule has 146 valence electrons. The summed E-state index contributed by atoms with van der Waals surface area (Å²) in [5.74, 6) is 1.33. The van der Waals surface area contributed by atoms with E-state index < -0.39 is 0 Å². The molecule has 0 saturated carbocycles. The Morgan fingerprint density at radius 3 is 2.45 bits per heavy atom. The molecular formula is C25H22ClNO2. The maximum atomic E-state index is 6.33. The first-order valence-corrected chi connectivity index (χ1v) is 9.87. The molecule has 29 heavy (non-hydrogen) atoms. The fourth-order valence-electron chi connectivity index (χ4n) is 3.37. The van der Waals surface area contributed by atoms with Crippen molar-refractivity contribution in [2.75, 3.05) is 12.4 Å². The van der Waals surface area contributed by atoms with Gasteiger partial charge >= 0.3 is 0 Å². The summed E-state index contributed by atoms with van der Waals surface area (Å²) >= 11 is 6.33. The van der Waals surface area contributed by atoms with Gasteiger partial charge in [0.1, 0.15) is 6.61 Å². The Morgan fingerprint density at radius 2 is 1.62 bits per heavy atom. The lowest BCUT2D eigenvalue weighted by Crippen LogP contribution is -2.06. The summed E-state index contributed by atoms with van der Waals surface area (Å²) in [6.45, 7) is 1.02. The van der Waals surface area contributed by atoms with Crippen molar-refractivity contribution in [3.63, 3.8) is 0 Å². The van der Waals surface area contributed by atoms with E-state index >= 15 is 0 Å². The van der Waals surface area contributed by atoms with Gasteiger partial charge < -0.3 is 14.8 Å². The predicted octanol–water partition coefficient (Wildman–Crippen LogP) is 6.69. The normalized spacial score (nSPS) is 10.7. The molecule has 0 spiro atoms. The fraction of sp³-hybridized carbons (Fsp3) is 0.120. The largest absolute Gasteiger partial charge is 0.493 e. The number of ether oxygens (including phenoxy) is 2. The minimum atomic E-state index is 0.458. The zero-order chi connectivity index (χ0) is 20.1. The SMILES string of the molecule is COc1cc(Cl)cc(CNc2cccc3ccccc23)c1OCc1ccccc1. The second-order valence-electron chi connectivity index (χ2n) is 6.75. The van der Waals surface area contributed by atoms with Crippen molar-refractivity contribution in [2.24, 2.45) is 0 Å². The number of hydrogen-bond acceptors (Lipinski definition) is 3. The van der Waals surface area contributed by atoms with Crippen LogP contribution in [-0.2, 0) is 13.2 Å². The van der Waals surface area contributed by atoms with Gasteiger partial charge in [0.15, 0.2) is 11.5 Å². The Hall–Kier alpha value is -3.17. The van der Waals surface area contributed by atoms with Crippen LogP contribution in [0.5, 0.6) is 11.5 Å². The molecule has 0 amide bonds. The number of nitrogens with one attached hydrogen (secondary N) is 1. The Kier molecular flexibility index (Phi) is 5.87. The summed E-state index contributed by atoms with van der Waals surface area (Å²) in [5, 5.41) is 6.51. The van der Waals surface area contributed by atoms with E-state index in [2.05, 4.69) is 35.6 Å². The molecule has 0 aliphatic heterocycles. The molecule has 0 heterocycles. The molecular weight excluding hydrogens is 382 g/mol. The van der Waals surface area contributed by atoms with Crippen molar-refractivity contribution in [1.82, 2.24) is 0 Å². The van der Waals surface area contributed by atoms with Crippen LogP contribution in [0.2, 0.25) is 5.02 Å². The molecule has 4 aromatic rings. The lowest BCUT2D eigenvalue weighted by atomic mass is 10.1. The average molecular weight is 404 g/mol. The summed E-state index contributed by atoms with van der Waals surface area (Å²) in [7, 11) is 1.63. The van der Waals surface area contributed by atoms with Crippen molar-refractivity contribution in [3.05, 3.63) is 101 Å². The van der Waals surface area contributed by atoms with Gasteiger partial charge in [-0.25, -0.2) is 0 Å². The molecule has 0 unspecified atom stereocenters. The standard InChI is InChI=1S/C25H22ClNO2/c1-28-24-15-21(26)14-20(25(24)29-17-18-8-3-2-4-9-18)16-27-23-13-7-11-19-10-5-6-12-22(19)23/h2-15,27H,16-17H2,1H3. The van der Waals surface area contributed by atoms with Gasteiger partial charge in [-0.05, 0) is 23.1 Å². The van der Waals surface area contributed by atoms with Crippen LogP contribution in [0.15, 0.2) is 84.9 Å². The lowest BCUT2D eigenvalue weighted by Gasteiger charge is -2.17. The molecule has 0 aliphatic rings. The Bertz CT molecular complexity index is 1110. The van der Waals surface area contributed by atoms with E-state index in [0.29, 0.717) is 29.7 Å². The van der Waals surface area contributed by atoms with Gasteiger partial charge in [-0.1, -0.05) is 78.3 Å². The maximum Gasteiger partial charge on any atom is 0.166 e. The minimum absolute atomic E-state index is 0.458. The predicted molar refractivity (Wildman–Crippen MR) is 120 cm³/mol. The van der Waals surface area contributed by atoms with E-state index in [9.17, 15) is 0 Å². The highest BCUT2D eigenvalue weighted by Crippen LogP contribution is 2.36. The van der Waals surface area contributed by atoms with Crippen molar-refractivity contribution in [1.29, 1.82) is 0 Å². The van der Waals surface area contributed by atoms with E-state index in [1.54, 1.807) is 13.2 Å². The van der Waals surface area contributed by atoms with E-state index in [-0.39, 0.29) is 0 Å². The maximum absolute atomic E-state index is 6.33. The minimum Gasteiger partial charge on any atom is -0.493 e. The first-order chi connectivity index (χ1) is 14.2. The summed E-state index contributed by atoms with van der Waals surface area (Å²) in [5.41, 5.74) is 3.10. The van der Waals surface area contributed by atoms with Gasteiger partial charge in [-0.15, -0.1) is 0 Å². The molecule has 4 heteroatoms. The van der Waals surface area contributed by atoms with Gasteiger partial charge in [0, 0.05) is 34.3 Å². The van der Waals surface area contributed by atoms with Gasteiger partial charge in [0.05, 0.1) is 7.11 Å². The second-order valence-corrected chi connectivity index (χ2v) is 7.19. The number of fused-ring (bicyclic) bond motifs is 1. The van der Waals surface area contributed by atoms with Gasteiger partial charge in [0.2, 0.25) is 0 Å². The van der Waals surface area contributed by atoms with E-state index in [1.807, 2.05) is 48.5 Å². The number of halogens is 1.